The molecule has 2 aliphatic heterocycles. The second kappa shape index (κ2) is 6.19. The molecule has 2 aliphatic rings. The second-order valence-corrected chi connectivity index (χ2v) is 7.62. The number of benzene rings is 2. The number of hydrogen-bond acceptors (Lipinski definition) is 6. The normalized spacial score (nSPS) is 19.3. The van der Waals surface area contributed by atoms with Gasteiger partial charge in [0.2, 0.25) is 0 Å². The predicted molar refractivity (Wildman–Crippen MR) is 104 cm³/mol. The summed E-state index contributed by atoms with van der Waals surface area (Å²) in [4.78, 5) is 12.9. The Bertz CT molecular complexity index is 1020. The average molecular weight is 382 g/mol. The van der Waals surface area contributed by atoms with Gasteiger partial charge in [-0.15, -0.1) is 0 Å². The topological polar surface area (TPSA) is 85.2 Å². The minimum atomic E-state index is -0.680. The Kier molecular flexibility index (Phi) is 4.03. The van der Waals surface area contributed by atoms with Crippen LogP contribution in [0.25, 0.3) is 6.08 Å². The third kappa shape index (κ3) is 2.76. The van der Waals surface area contributed by atoms with Crippen molar-refractivity contribution in [3.8, 4) is 28.7 Å². The summed E-state index contributed by atoms with van der Waals surface area (Å²) >= 11 is 0. The zero-order valence-electron chi connectivity index (χ0n) is 16.2. The van der Waals surface area contributed by atoms with Crippen molar-refractivity contribution in [2.24, 2.45) is 0 Å². The number of hydrogen-bond donors (Lipinski definition) is 2. The molecule has 0 bridgehead atoms. The second-order valence-electron chi connectivity index (χ2n) is 7.62. The number of phenols is 2. The van der Waals surface area contributed by atoms with Gasteiger partial charge in [0, 0.05) is 17.2 Å². The first-order chi connectivity index (χ1) is 13.2. The monoisotopic (exact) mass is 382 g/mol. The van der Waals surface area contributed by atoms with E-state index in [1.807, 2.05) is 26.0 Å². The highest BCUT2D eigenvalue weighted by Gasteiger charge is 2.38. The van der Waals surface area contributed by atoms with Gasteiger partial charge in [0.25, 0.3) is 0 Å². The summed E-state index contributed by atoms with van der Waals surface area (Å²) in [5, 5.41) is 21.0. The summed E-state index contributed by atoms with van der Waals surface area (Å²) < 4.78 is 17.3. The molecule has 0 radical (unpaired) electrons. The number of ketones is 1. The Morgan fingerprint density at radius 3 is 2.64 bits per heavy atom. The average Bonchev–Trinajstić information content (AvgIpc) is 2.64. The van der Waals surface area contributed by atoms with Gasteiger partial charge in [-0.25, -0.2) is 0 Å². The first-order valence-corrected chi connectivity index (χ1v) is 9.06. The predicted octanol–water partition coefficient (Wildman–Crippen LogP) is 4.31. The summed E-state index contributed by atoms with van der Waals surface area (Å²) in [6.07, 6.45) is 3.07. The van der Waals surface area contributed by atoms with E-state index in [1.54, 1.807) is 19.1 Å². The van der Waals surface area contributed by atoms with Crippen LogP contribution in [-0.4, -0.2) is 28.7 Å². The SMILES string of the molecule is COc1ccc([C@@H]2CC(=O)c3c(O)c(C)c4c(c3O2)C=CC(C)(C)O4)c(O)c1. The smallest absolute Gasteiger partial charge is 0.174 e. The fourth-order valence-corrected chi connectivity index (χ4v) is 3.64. The molecule has 0 saturated heterocycles. The van der Waals surface area contributed by atoms with E-state index >= 15 is 0 Å². The Labute approximate surface area is 163 Å². The van der Waals surface area contributed by atoms with Crippen molar-refractivity contribution in [1.29, 1.82) is 0 Å². The van der Waals surface area contributed by atoms with E-state index in [-0.39, 0.29) is 35.0 Å². The van der Waals surface area contributed by atoms with Gasteiger partial charge >= 0.3 is 0 Å². The summed E-state index contributed by atoms with van der Waals surface area (Å²) in [7, 11) is 1.51. The van der Waals surface area contributed by atoms with Gasteiger partial charge in [-0.05, 0) is 45.1 Å². The van der Waals surface area contributed by atoms with Gasteiger partial charge in [-0.1, -0.05) is 0 Å². The van der Waals surface area contributed by atoms with E-state index in [4.69, 9.17) is 14.2 Å². The van der Waals surface area contributed by atoms with Crippen LogP contribution in [0.2, 0.25) is 0 Å². The van der Waals surface area contributed by atoms with E-state index < -0.39 is 11.7 Å². The minimum absolute atomic E-state index is 0.00867. The van der Waals surface area contributed by atoms with Crippen molar-refractivity contribution in [2.45, 2.75) is 38.9 Å². The van der Waals surface area contributed by atoms with Gasteiger partial charge in [0.05, 0.1) is 19.1 Å². The van der Waals surface area contributed by atoms with E-state index in [1.165, 1.54) is 13.2 Å². The van der Waals surface area contributed by atoms with Crippen molar-refractivity contribution in [1.82, 2.24) is 0 Å². The van der Waals surface area contributed by atoms with Gasteiger partial charge < -0.3 is 24.4 Å². The molecule has 0 spiro atoms. The van der Waals surface area contributed by atoms with Crippen LogP contribution in [0.1, 0.15) is 53.4 Å². The van der Waals surface area contributed by atoms with Crippen LogP contribution in [0, 0.1) is 6.92 Å². The number of fused-ring (bicyclic) bond motifs is 3. The number of methoxy groups -OCH3 is 1. The molecule has 0 aromatic heterocycles. The van der Waals surface area contributed by atoms with Gasteiger partial charge in [0.1, 0.15) is 46.0 Å². The summed E-state index contributed by atoms with van der Waals surface area (Å²) in [6.45, 7) is 5.54. The summed E-state index contributed by atoms with van der Waals surface area (Å²) in [5.41, 5.74) is 1.23. The lowest BCUT2D eigenvalue weighted by molar-refractivity contribution is 0.0838. The number of carbonyl (C=O) groups is 1. The van der Waals surface area contributed by atoms with Gasteiger partial charge in [0.15, 0.2) is 5.78 Å². The summed E-state index contributed by atoms with van der Waals surface area (Å²) in [5.74, 6) is 0.898. The maximum absolute atomic E-state index is 12.9. The summed E-state index contributed by atoms with van der Waals surface area (Å²) in [6, 6.07) is 4.85. The quantitative estimate of drug-likeness (QED) is 0.805. The van der Waals surface area contributed by atoms with E-state index in [9.17, 15) is 15.0 Å². The van der Waals surface area contributed by atoms with Crippen molar-refractivity contribution >= 4 is 11.9 Å². The Morgan fingerprint density at radius 1 is 1.21 bits per heavy atom. The molecule has 6 heteroatoms. The first kappa shape index (κ1) is 18.2. The molecule has 1 atom stereocenters. The Morgan fingerprint density at radius 2 is 1.96 bits per heavy atom. The highest BCUT2D eigenvalue weighted by atomic mass is 16.5. The molecule has 0 saturated carbocycles. The number of ether oxygens (including phenoxy) is 3. The van der Waals surface area contributed by atoms with Crippen LogP contribution < -0.4 is 14.2 Å². The lowest BCUT2D eigenvalue weighted by atomic mass is 9.89. The fourth-order valence-electron chi connectivity index (χ4n) is 3.64. The number of Topliss-reactive ketones (excluding diaryl/α,β-unsaturated/α-hetero) is 1. The highest BCUT2D eigenvalue weighted by Crippen LogP contribution is 2.51. The highest BCUT2D eigenvalue weighted by molar-refractivity contribution is 6.05. The molecule has 2 heterocycles. The first-order valence-electron chi connectivity index (χ1n) is 9.06. The number of carbonyl (C=O) groups excluding carboxylic acids is 1. The largest absolute Gasteiger partial charge is 0.507 e. The molecule has 2 N–H and O–H groups in total. The molecule has 0 aliphatic carbocycles. The number of phenolic OH excluding ortho intramolecular Hbond substituents is 2. The van der Waals surface area contributed by atoms with Crippen LogP contribution in [0.4, 0.5) is 0 Å². The molecule has 2 aromatic rings. The minimum Gasteiger partial charge on any atom is -0.507 e. The molecule has 0 fully saturated rings. The third-order valence-electron chi connectivity index (χ3n) is 5.16. The van der Waals surface area contributed by atoms with E-state index in [0.29, 0.717) is 28.2 Å². The van der Waals surface area contributed by atoms with Crippen LogP contribution in [0.3, 0.4) is 0 Å². The number of rotatable bonds is 2. The van der Waals surface area contributed by atoms with Crippen LogP contribution >= 0.6 is 0 Å². The van der Waals surface area contributed by atoms with Crippen molar-refractivity contribution < 1.29 is 29.2 Å². The Balaban J connectivity index is 1.84. The number of aromatic hydroxyl groups is 2. The van der Waals surface area contributed by atoms with Gasteiger partial charge in [-0.2, -0.15) is 0 Å². The Hall–Kier alpha value is -3.15. The van der Waals surface area contributed by atoms with Crippen LogP contribution in [0.15, 0.2) is 24.3 Å². The van der Waals surface area contributed by atoms with Crippen molar-refractivity contribution in [3.05, 3.63) is 46.5 Å². The zero-order valence-corrected chi connectivity index (χ0v) is 16.2. The van der Waals surface area contributed by atoms with Crippen molar-refractivity contribution in [3.63, 3.8) is 0 Å². The van der Waals surface area contributed by atoms with E-state index in [2.05, 4.69) is 0 Å². The standard InChI is InChI=1S/C22H22O6/c1-11-19(25)18-16(24)10-17(13-6-5-12(26-4)9-15(13)23)27-21(18)14-7-8-22(2,3)28-20(11)14/h5-9,17,23,25H,10H2,1-4H3/t17-/m0/s1. The maximum atomic E-state index is 12.9. The molecule has 28 heavy (non-hydrogen) atoms. The molecule has 6 nitrogen and oxygen atoms in total. The van der Waals surface area contributed by atoms with Crippen LogP contribution in [0.5, 0.6) is 28.7 Å². The molecular formula is C22H22O6. The molecule has 0 unspecified atom stereocenters. The molecule has 2 aromatic carbocycles. The fraction of sp³-hybridized carbons (Fsp3) is 0.318. The van der Waals surface area contributed by atoms with Crippen LogP contribution in [-0.2, 0) is 0 Å². The molecular weight excluding hydrogens is 360 g/mol. The van der Waals surface area contributed by atoms with Crippen molar-refractivity contribution in [2.75, 3.05) is 7.11 Å². The molecule has 0 amide bonds. The third-order valence-corrected chi connectivity index (χ3v) is 5.16. The molecule has 4 rings (SSSR count). The molecule has 146 valence electrons. The maximum Gasteiger partial charge on any atom is 0.174 e. The van der Waals surface area contributed by atoms with Gasteiger partial charge in [-0.3, -0.25) is 4.79 Å². The lowest BCUT2D eigenvalue weighted by Crippen LogP contribution is -2.29. The van der Waals surface area contributed by atoms with E-state index in [0.717, 1.165) is 0 Å². The zero-order chi connectivity index (χ0) is 20.2. The lowest BCUT2D eigenvalue weighted by Gasteiger charge is -2.34.